The molecular weight excluding hydrogens is 120 g/mol. The summed E-state index contributed by atoms with van der Waals surface area (Å²) in [5.74, 6) is 0.632. The molecule has 1 aliphatic rings. The summed E-state index contributed by atoms with van der Waals surface area (Å²) >= 11 is 0. The van der Waals surface area contributed by atoms with Gasteiger partial charge in [0.2, 0.25) is 0 Å². The lowest BCUT2D eigenvalue weighted by Crippen LogP contribution is -2.08. The van der Waals surface area contributed by atoms with E-state index < -0.39 is 0 Å². The summed E-state index contributed by atoms with van der Waals surface area (Å²) in [5.41, 5.74) is 0. The Morgan fingerprint density at radius 2 is 2.56 bits per heavy atom. The molecule has 0 aromatic rings. The molecule has 52 valence electrons. The van der Waals surface area contributed by atoms with E-state index in [0.717, 1.165) is 6.42 Å². The quantitative estimate of drug-likeness (QED) is 0.410. The summed E-state index contributed by atoms with van der Waals surface area (Å²) in [7, 11) is 1.57. The molecule has 1 fully saturated rings. The van der Waals surface area contributed by atoms with Gasteiger partial charge >= 0.3 is 0 Å². The largest absolute Gasteiger partial charge is 0.499 e. The molecule has 0 radical (unpaired) electrons. The van der Waals surface area contributed by atoms with Crippen molar-refractivity contribution >= 4 is 0 Å². The normalized spacial score (nSPS) is 26.1. The highest BCUT2D eigenvalue weighted by molar-refractivity contribution is 4.92. The van der Waals surface area contributed by atoms with Gasteiger partial charge in [-0.1, -0.05) is 6.58 Å². The van der Waals surface area contributed by atoms with Gasteiger partial charge in [0.15, 0.2) is 6.10 Å². The molecule has 1 unspecified atom stereocenters. The summed E-state index contributed by atoms with van der Waals surface area (Å²) in [6.45, 7) is 4.26. The van der Waals surface area contributed by atoms with Gasteiger partial charge in [-0.25, -0.2) is 9.78 Å². The molecular formula is C6H10O3. The van der Waals surface area contributed by atoms with E-state index in [4.69, 9.17) is 9.62 Å². The van der Waals surface area contributed by atoms with E-state index in [0.29, 0.717) is 12.4 Å². The summed E-state index contributed by atoms with van der Waals surface area (Å²) in [6, 6.07) is 0. The number of rotatable bonds is 2. The lowest BCUT2D eigenvalue weighted by Gasteiger charge is -2.07. The third-order valence-electron chi connectivity index (χ3n) is 1.27. The number of ether oxygens (including phenoxy) is 1. The first-order valence-corrected chi connectivity index (χ1v) is 2.85. The Morgan fingerprint density at radius 1 is 1.78 bits per heavy atom. The second kappa shape index (κ2) is 2.85. The van der Waals surface area contributed by atoms with Crippen molar-refractivity contribution in [3.05, 3.63) is 12.3 Å². The van der Waals surface area contributed by atoms with E-state index in [-0.39, 0.29) is 6.10 Å². The van der Waals surface area contributed by atoms with E-state index in [1.54, 1.807) is 7.11 Å². The van der Waals surface area contributed by atoms with Gasteiger partial charge in [0.05, 0.1) is 13.7 Å². The van der Waals surface area contributed by atoms with Gasteiger partial charge < -0.3 is 4.74 Å². The van der Waals surface area contributed by atoms with Crippen molar-refractivity contribution in [2.24, 2.45) is 0 Å². The van der Waals surface area contributed by atoms with Crippen LogP contribution in [-0.4, -0.2) is 19.8 Å². The van der Waals surface area contributed by atoms with Crippen LogP contribution in [-0.2, 0) is 14.5 Å². The number of methoxy groups -OCH3 is 1. The molecule has 0 saturated carbocycles. The van der Waals surface area contributed by atoms with E-state index >= 15 is 0 Å². The van der Waals surface area contributed by atoms with E-state index in [9.17, 15) is 0 Å². The molecule has 0 bridgehead atoms. The summed E-state index contributed by atoms with van der Waals surface area (Å²) in [6.07, 6.45) is 0.780. The van der Waals surface area contributed by atoms with E-state index in [1.807, 2.05) is 0 Å². The fourth-order valence-electron chi connectivity index (χ4n) is 0.680. The second-order valence-electron chi connectivity index (χ2n) is 1.87. The van der Waals surface area contributed by atoms with Crippen LogP contribution in [0, 0.1) is 0 Å². The van der Waals surface area contributed by atoms with Gasteiger partial charge in [-0.05, 0) is 0 Å². The molecule has 1 atom stereocenters. The molecule has 0 spiro atoms. The predicted octanol–water partition coefficient (Wildman–Crippen LogP) is 0.867. The minimum atomic E-state index is -0.0602. The van der Waals surface area contributed by atoms with Crippen LogP contribution in [0.25, 0.3) is 0 Å². The van der Waals surface area contributed by atoms with E-state index in [1.165, 1.54) is 0 Å². The standard InChI is InChI=1S/C6H10O3/c1-5(7-2)6-3-4-8-9-6/h6H,1,3-4H2,2H3. The van der Waals surface area contributed by atoms with Crippen molar-refractivity contribution in [2.75, 3.05) is 13.7 Å². The topological polar surface area (TPSA) is 27.7 Å². The Kier molecular flexibility index (Phi) is 2.08. The van der Waals surface area contributed by atoms with Crippen molar-refractivity contribution in [1.82, 2.24) is 0 Å². The van der Waals surface area contributed by atoms with Crippen LogP contribution in [0.15, 0.2) is 12.3 Å². The first-order valence-electron chi connectivity index (χ1n) is 2.85. The maximum atomic E-state index is 4.83. The Morgan fingerprint density at radius 3 is 3.00 bits per heavy atom. The van der Waals surface area contributed by atoms with Crippen LogP contribution >= 0.6 is 0 Å². The van der Waals surface area contributed by atoms with Gasteiger partial charge in [-0.3, -0.25) is 0 Å². The molecule has 9 heavy (non-hydrogen) atoms. The molecule has 0 amide bonds. The van der Waals surface area contributed by atoms with Gasteiger partial charge in [-0.15, -0.1) is 0 Å². The highest BCUT2D eigenvalue weighted by Crippen LogP contribution is 2.15. The SMILES string of the molecule is C=C(OC)C1CCOO1. The van der Waals surface area contributed by atoms with Crippen LogP contribution in [0.4, 0.5) is 0 Å². The number of hydrogen-bond acceptors (Lipinski definition) is 3. The van der Waals surface area contributed by atoms with Crippen molar-refractivity contribution < 1.29 is 14.5 Å². The van der Waals surface area contributed by atoms with Crippen molar-refractivity contribution in [2.45, 2.75) is 12.5 Å². The van der Waals surface area contributed by atoms with Crippen molar-refractivity contribution in [3.63, 3.8) is 0 Å². The molecule has 1 rings (SSSR count). The van der Waals surface area contributed by atoms with E-state index in [2.05, 4.69) is 11.5 Å². The molecule has 1 saturated heterocycles. The highest BCUT2D eigenvalue weighted by atomic mass is 17.2. The third kappa shape index (κ3) is 1.43. The minimum Gasteiger partial charge on any atom is -0.499 e. The molecule has 1 aliphatic heterocycles. The molecule has 0 aliphatic carbocycles. The second-order valence-corrected chi connectivity index (χ2v) is 1.87. The maximum absolute atomic E-state index is 4.83. The van der Waals surface area contributed by atoms with Crippen LogP contribution in [0.5, 0.6) is 0 Å². The van der Waals surface area contributed by atoms with Crippen LogP contribution in [0.2, 0.25) is 0 Å². The minimum absolute atomic E-state index is 0.0602. The maximum Gasteiger partial charge on any atom is 0.151 e. The monoisotopic (exact) mass is 130 g/mol. The lowest BCUT2D eigenvalue weighted by atomic mass is 10.2. The average Bonchev–Trinajstić information content (AvgIpc) is 2.37. The van der Waals surface area contributed by atoms with Gasteiger partial charge in [0.25, 0.3) is 0 Å². The van der Waals surface area contributed by atoms with Crippen LogP contribution in [0.1, 0.15) is 6.42 Å². The zero-order chi connectivity index (χ0) is 6.69. The third-order valence-corrected chi connectivity index (χ3v) is 1.27. The smallest absolute Gasteiger partial charge is 0.151 e. The van der Waals surface area contributed by atoms with Crippen LogP contribution in [0.3, 0.4) is 0 Å². The molecule has 1 heterocycles. The van der Waals surface area contributed by atoms with Gasteiger partial charge in [0.1, 0.15) is 5.76 Å². The summed E-state index contributed by atoms with van der Waals surface area (Å²) in [4.78, 5) is 9.42. The fourth-order valence-corrected chi connectivity index (χ4v) is 0.680. The Bertz CT molecular complexity index is 105. The molecule has 3 heteroatoms. The van der Waals surface area contributed by atoms with Crippen LogP contribution < -0.4 is 0 Å². The Hall–Kier alpha value is -0.540. The van der Waals surface area contributed by atoms with Crippen molar-refractivity contribution in [3.8, 4) is 0 Å². The fraction of sp³-hybridized carbons (Fsp3) is 0.667. The predicted molar refractivity (Wildman–Crippen MR) is 31.6 cm³/mol. The number of hydrogen-bond donors (Lipinski definition) is 0. The first-order chi connectivity index (χ1) is 4.34. The Balaban J connectivity index is 2.32. The summed E-state index contributed by atoms with van der Waals surface area (Å²) < 4.78 is 4.83. The lowest BCUT2D eigenvalue weighted by molar-refractivity contribution is -0.271. The Labute approximate surface area is 54.1 Å². The summed E-state index contributed by atoms with van der Waals surface area (Å²) in [5, 5.41) is 0. The molecule has 0 aromatic carbocycles. The molecule has 3 nitrogen and oxygen atoms in total. The molecule has 0 N–H and O–H groups in total. The van der Waals surface area contributed by atoms with Gasteiger partial charge in [0, 0.05) is 6.42 Å². The first kappa shape index (κ1) is 6.58. The zero-order valence-corrected chi connectivity index (χ0v) is 5.42. The highest BCUT2D eigenvalue weighted by Gasteiger charge is 2.20. The van der Waals surface area contributed by atoms with Crippen molar-refractivity contribution in [1.29, 1.82) is 0 Å². The zero-order valence-electron chi connectivity index (χ0n) is 5.42. The van der Waals surface area contributed by atoms with Gasteiger partial charge in [-0.2, -0.15) is 0 Å². The average molecular weight is 130 g/mol. The molecule has 0 aromatic heterocycles.